The van der Waals surface area contributed by atoms with Crippen LogP contribution >= 0.6 is 0 Å². The molecule has 0 bridgehead atoms. The van der Waals surface area contributed by atoms with Gasteiger partial charge in [0.15, 0.2) is 0 Å². The number of carbonyl (C=O) groups is 1. The average molecular weight is 234 g/mol. The minimum Gasteiger partial charge on any atom is -0.493 e. The van der Waals surface area contributed by atoms with Crippen molar-refractivity contribution in [1.29, 1.82) is 0 Å². The van der Waals surface area contributed by atoms with Crippen LogP contribution < -0.4 is 4.74 Å². The van der Waals surface area contributed by atoms with Crippen molar-refractivity contribution < 1.29 is 14.3 Å². The van der Waals surface area contributed by atoms with Gasteiger partial charge in [0.2, 0.25) is 0 Å². The Morgan fingerprint density at radius 3 is 2.94 bits per heavy atom. The second kappa shape index (κ2) is 5.71. The maximum atomic E-state index is 11.3. The molecule has 0 heterocycles. The van der Waals surface area contributed by atoms with Gasteiger partial charge in [-0.2, -0.15) is 0 Å². The Labute approximate surface area is 102 Å². The first-order valence-corrected chi connectivity index (χ1v) is 6.15. The number of rotatable bonds is 6. The van der Waals surface area contributed by atoms with Crippen molar-refractivity contribution in [2.75, 3.05) is 13.2 Å². The Hall–Kier alpha value is -1.51. The third-order valence-corrected chi connectivity index (χ3v) is 2.73. The zero-order chi connectivity index (χ0) is 12.1. The first kappa shape index (κ1) is 12.0. The van der Waals surface area contributed by atoms with Gasteiger partial charge >= 0.3 is 5.97 Å². The van der Waals surface area contributed by atoms with Gasteiger partial charge in [0.25, 0.3) is 0 Å². The Balaban J connectivity index is 1.88. The van der Waals surface area contributed by atoms with E-state index in [1.165, 1.54) is 12.8 Å². The van der Waals surface area contributed by atoms with Crippen molar-refractivity contribution in [3.8, 4) is 5.75 Å². The van der Waals surface area contributed by atoms with Gasteiger partial charge in [-0.15, -0.1) is 0 Å². The standard InChI is InChI=1S/C14H18O3/c1-2-16-14(15)9-12-4-3-5-13(8-12)17-10-11-6-7-11/h3-5,8,11H,2,6-7,9-10H2,1H3. The molecule has 0 aromatic heterocycles. The van der Waals surface area contributed by atoms with Crippen LogP contribution in [0.25, 0.3) is 0 Å². The number of benzene rings is 1. The lowest BCUT2D eigenvalue weighted by Gasteiger charge is -2.07. The van der Waals surface area contributed by atoms with Gasteiger partial charge in [-0.1, -0.05) is 12.1 Å². The molecule has 2 rings (SSSR count). The molecule has 0 aliphatic heterocycles. The van der Waals surface area contributed by atoms with Gasteiger partial charge in [0, 0.05) is 0 Å². The highest BCUT2D eigenvalue weighted by atomic mass is 16.5. The zero-order valence-electron chi connectivity index (χ0n) is 10.1. The van der Waals surface area contributed by atoms with Gasteiger partial charge in [-0.05, 0) is 43.4 Å². The predicted octanol–water partition coefficient (Wildman–Crippen LogP) is 2.58. The van der Waals surface area contributed by atoms with Gasteiger partial charge in [-0.3, -0.25) is 4.79 Å². The van der Waals surface area contributed by atoms with Crippen LogP contribution in [0.5, 0.6) is 5.75 Å². The highest BCUT2D eigenvalue weighted by Crippen LogP contribution is 2.29. The summed E-state index contributed by atoms with van der Waals surface area (Å²) in [6.07, 6.45) is 2.87. The summed E-state index contributed by atoms with van der Waals surface area (Å²) in [5.74, 6) is 1.40. The quantitative estimate of drug-likeness (QED) is 0.710. The highest BCUT2D eigenvalue weighted by Gasteiger charge is 2.21. The molecule has 0 amide bonds. The number of esters is 1. The average Bonchev–Trinajstić information content (AvgIpc) is 3.11. The smallest absolute Gasteiger partial charge is 0.310 e. The third kappa shape index (κ3) is 4.10. The van der Waals surface area contributed by atoms with E-state index in [0.717, 1.165) is 23.8 Å². The lowest BCUT2D eigenvalue weighted by atomic mass is 10.1. The Kier molecular flexibility index (Phi) is 4.02. The molecule has 0 saturated heterocycles. The molecule has 1 aromatic carbocycles. The fraction of sp³-hybridized carbons (Fsp3) is 0.500. The van der Waals surface area contributed by atoms with Crippen LogP contribution in [-0.4, -0.2) is 19.2 Å². The fourth-order valence-corrected chi connectivity index (χ4v) is 1.62. The number of carbonyl (C=O) groups excluding carboxylic acids is 1. The summed E-state index contributed by atoms with van der Waals surface area (Å²) in [5.41, 5.74) is 0.941. The molecule has 17 heavy (non-hydrogen) atoms. The topological polar surface area (TPSA) is 35.5 Å². The van der Waals surface area contributed by atoms with E-state index in [-0.39, 0.29) is 5.97 Å². The van der Waals surface area contributed by atoms with Crippen LogP contribution in [0, 0.1) is 5.92 Å². The molecule has 1 fully saturated rings. The zero-order valence-corrected chi connectivity index (χ0v) is 10.1. The molecule has 0 unspecified atom stereocenters. The largest absolute Gasteiger partial charge is 0.493 e. The lowest BCUT2D eigenvalue weighted by Crippen LogP contribution is -2.07. The summed E-state index contributed by atoms with van der Waals surface area (Å²) >= 11 is 0. The summed E-state index contributed by atoms with van der Waals surface area (Å²) in [5, 5.41) is 0. The minimum atomic E-state index is -0.188. The first-order valence-electron chi connectivity index (χ1n) is 6.15. The molecule has 1 saturated carbocycles. The van der Waals surface area contributed by atoms with E-state index in [0.29, 0.717) is 13.0 Å². The fourth-order valence-electron chi connectivity index (χ4n) is 1.62. The normalized spacial score (nSPS) is 14.4. The molecule has 1 aromatic rings. The second-order valence-electron chi connectivity index (χ2n) is 4.38. The van der Waals surface area contributed by atoms with Crippen LogP contribution in [0.15, 0.2) is 24.3 Å². The van der Waals surface area contributed by atoms with Crippen LogP contribution in [0.4, 0.5) is 0 Å². The molecule has 92 valence electrons. The molecular formula is C14H18O3. The van der Waals surface area contributed by atoms with Crippen molar-refractivity contribution in [2.45, 2.75) is 26.2 Å². The SMILES string of the molecule is CCOC(=O)Cc1cccc(OCC2CC2)c1. The Bertz CT molecular complexity index is 383. The van der Waals surface area contributed by atoms with Crippen molar-refractivity contribution in [3.05, 3.63) is 29.8 Å². The maximum absolute atomic E-state index is 11.3. The van der Waals surface area contributed by atoms with Gasteiger partial charge in [0.1, 0.15) is 5.75 Å². The van der Waals surface area contributed by atoms with Crippen LogP contribution in [-0.2, 0) is 16.0 Å². The first-order chi connectivity index (χ1) is 8.28. The van der Waals surface area contributed by atoms with E-state index in [9.17, 15) is 4.79 Å². The molecule has 0 spiro atoms. The van der Waals surface area contributed by atoms with Crippen molar-refractivity contribution >= 4 is 5.97 Å². The van der Waals surface area contributed by atoms with E-state index in [4.69, 9.17) is 9.47 Å². The molecule has 3 nitrogen and oxygen atoms in total. The van der Waals surface area contributed by atoms with E-state index in [1.54, 1.807) is 0 Å². The number of ether oxygens (including phenoxy) is 2. The summed E-state index contributed by atoms with van der Waals surface area (Å²) in [6.45, 7) is 3.03. The third-order valence-electron chi connectivity index (χ3n) is 2.73. The molecule has 0 N–H and O–H groups in total. The molecule has 1 aliphatic carbocycles. The summed E-state index contributed by atoms with van der Waals surface area (Å²) in [4.78, 5) is 11.3. The van der Waals surface area contributed by atoms with Gasteiger partial charge in [-0.25, -0.2) is 0 Å². The van der Waals surface area contributed by atoms with Crippen LogP contribution in [0.3, 0.4) is 0 Å². The lowest BCUT2D eigenvalue weighted by molar-refractivity contribution is -0.142. The number of hydrogen-bond donors (Lipinski definition) is 0. The molecule has 1 aliphatic rings. The summed E-state index contributed by atoms with van der Waals surface area (Å²) < 4.78 is 10.6. The molecule has 0 atom stereocenters. The monoisotopic (exact) mass is 234 g/mol. The summed E-state index contributed by atoms with van der Waals surface area (Å²) in [6, 6.07) is 7.67. The predicted molar refractivity (Wildman–Crippen MR) is 65.0 cm³/mol. The van der Waals surface area contributed by atoms with E-state index >= 15 is 0 Å². The molecule has 3 heteroatoms. The minimum absolute atomic E-state index is 0.188. The van der Waals surface area contributed by atoms with Crippen molar-refractivity contribution in [2.24, 2.45) is 5.92 Å². The number of hydrogen-bond acceptors (Lipinski definition) is 3. The van der Waals surface area contributed by atoms with Gasteiger partial charge < -0.3 is 9.47 Å². The highest BCUT2D eigenvalue weighted by molar-refractivity contribution is 5.72. The van der Waals surface area contributed by atoms with Crippen LogP contribution in [0.1, 0.15) is 25.3 Å². The Morgan fingerprint density at radius 2 is 2.24 bits per heavy atom. The Morgan fingerprint density at radius 1 is 1.41 bits per heavy atom. The van der Waals surface area contributed by atoms with E-state index in [1.807, 2.05) is 31.2 Å². The van der Waals surface area contributed by atoms with Crippen molar-refractivity contribution in [1.82, 2.24) is 0 Å². The van der Waals surface area contributed by atoms with Crippen LogP contribution in [0.2, 0.25) is 0 Å². The molecular weight excluding hydrogens is 216 g/mol. The van der Waals surface area contributed by atoms with E-state index in [2.05, 4.69) is 0 Å². The maximum Gasteiger partial charge on any atom is 0.310 e. The summed E-state index contributed by atoms with van der Waals surface area (Å²) in [7, 11) is 0. The molecule has 0 radical (unpaired) electrons. The van der Waals surface area contributed by atoms with Crippen molar-refractivity contribution in [3.63, 3.8) is 0 Å². The van der Waals surface area contributed by atoms with E-state index < -0.39 is 0 Å². The second-order valence-corrected chi connectivity index (χ2v) is 4.38. The van der Waals surface area contributed by atoms with Gasteiger partial charge in [0.05, 0.1) is 19.6 Å².